The number of thiazole rings is 1. The smallest absolute Gasteiger partial charge is 0.407 e. The molecule has 10 heteroatoms. The van der Waals surface area contributed by atoms with Crippen molar-refractivity contribution in [3.63, 3.8) is 0 Å². The van der Waals surface area contributed by atoms with Gasteiger partial charge in [0.25, 0.3) is 0 Å². The molecule has 226 valence electrons. The van der Waals surface area contributed by atoms with Crippen molar-refractivity contribution in [2.45, 2.75) is 43.2 Å². The molecule has 1 aromatic heterocycles. The van der Waals surface area contributed by atoms with E-state index in [1.165, 1.54) is 11.3 Å². The van der Waals surface area contributed by atoms with Crippen LogP contribution in [0.2, 0.25) is 0 Å². The van der Waals surface area contributed by atoms with Crippen molar-refractivity contribution in [3.05, 3.63) is 118 Å². The van der Waals surface area contributed by atoms with Crippen LogP contribution < -0.4 is 5.32 Å². The molecule has 0 unspecified atom stereocenters. The second-order valence-corrected chi connectivity index (χ2v) is 14.0. The minimum Gasteiger partial charge on any atom is -0.444 e. The van der Waals surface area contributed by atoms with Crippen LogP contribution in [0.15, 0.2) is 102 Å². The third-order valence-corrected chi connectivity index (χ3v) is 10.5. The molecule has 1 aliphatic rings. The molecular weight excluding hydrogens is 581 g/mol. The van der Waals surface area contributed by atoms with Gasteiger partial charge in [-0.3, -0.25) is 4.98 Å². The molecule has 2 heterocycles. The Hall–Kier alpha value is -3.57. The maximum atomic E-state index is 13.3. The average molecular weight is 619 g/mol. The van der Waals surface area contributed by atoms with Crippen LogP contribution in [0.5, 0.6) is 0 Å². The number of ether oxygens (including phenoxy) is 1. The zero-order valence-electron chi connectivity index (χ0n) is 24.4. The number of piperazine rings is 1. The standard InChI is InChI=1S/C33H38N4O4S2/c1-27-12-14-31(15-13-27)43(39,40)37-20-18-36(19-21-37)17-16-33(22-28-8-4-2-5-9-28,23-29-10-6-3-7-11-29)35-32(38)41-25-30-24-34-26-42-30/h2-15,24,26H,16-23,25H2,1H3,(H,35,38). The molecule has 1 N–H and O–H groups in total. The summed E-state index contributed by atoms with van der Waals surface area (Å²) in [6.45, 7) is 4.89. The molecule has 1 amide bonds. The zero-order chi connectivity index (χ0) is 30.1. The van der Waals surface area contributed by atoms with E-state index < -0.39 is 21.7 Å². The highest BCUT2D eigenvalue weighted by atomic mass is 32.2. The summed E-state index contributed by atoms with van der Waals surface area (Å²) in [4.78, 5) is 20.8. The van der Waals surface area contributed by atoms with E-state index in [9.17, 15) is 13.2 Å². The van der Waals surface area contributed by atoms with E-state index >= 15 is 0 Å². The molecule has 3 aromatic carbocycles. The van der Waals surface area contributed by atoms with Crippen molar-refractivity contribution in [1.29, 1.82) is 0 Å². The van der Waals surface area contributed by atoms with E-state index in [0.29, 0.717) is 56.9 Å². The Kier molecular flexibility index (Phi) is 10.2. The van der Waals surface area contributed by atoms with E-state index in [1.54, 1.807) is 28.1 Å². The number of hydrogen-bond acceptors (Lipinski definition) is 7. The Morgan fingerprint density at radius 1 is 0.907 bits per heavy atom. The Bertz CT molecular complexity index is 1500. The number of nitrogens with one attached hydrogen (secondary N) is 1. The molecule has 0 spiro atoms. The highest BCUT2D eigenvalue weighted by Gasteiger charge is 2.35. The van der Waals surface area contributed by atoms with Crippen molar-refractivity contribution < 1.29 is 17.9 Å². The molecule has 0 aliphatic carbocycles. The fourth-order valence-corrected chi connectivity index (χ4v) is 7.42. The van der Waals surface area contributed by atoms with Gasteiger partial charge in [0.15, 0.2) is 0 Å². The molecule has 0 bridgehead atoms. The van der Waals surface area contributed by atoms with Crippen LogP contribution >= 0.6 is 11.3 Å². The minimum absolute atomic E-state index is 0.167. The number of rotatable bonds is 12. The van der Waals surface area contributed by atoms with Gasteiger partial charge in [0.05, 0.1) is 20.8 Å². The van der Waals surface area contributed by atoms with Gasteiger partial charge in [-0.2, -0.15) is 4.31 Å². The van der Waals surface area contributed by atoms with Gasteiger partial charge in [-0.1, -0.05) is 78.4 Å². The van der Waals surface area contributed by atoms with Crippen molar-refractivity contribution in [3.8, 4) is 0 Å². The van der Waals surface area contributed by atoms with Gasteiger partial charge >= 0.3 is 6.09 Å². The van der Waals surface area contributed by atoms with Gasteiger partial charge in [-0.25, -0.2) is 13.2 Å². The Morgan fingerprint density at radius 2 is 1.51 bits per heavy atom. The first kappa shape index (κ1) is 30.9. The predicted molar refractivity (Wildman–Crippen MR) is 169 cm³/mol. The predicted octanol–water partition coefficient (Wildman–Crippen LogP) is 5.30. The van der Waals surface area contributed by atoms with Crippen molar-refractivity contribution in [1.82, 2.24) is 19.5 Å². The van der Waals surface area contributed by atoms with Crippen molar-refractivity contribution in [2.75, 3.05) is 32.7 Å². The first-order valence-electron chi connectivity index (χ1n) is 14.5. The van der Waals surface area contributed by atoms with Crippen LogP contribution in [-0.4, -0.2) is 67.0 Å². The maximum Gasteiger partial charge on any atom is 0.407 e. The molecule has 8 nitrogen and oxygen atoms in total. The number of amides is 1. The molecule has 0 atom stereocenters. The average Bonchev–Trinajstić information content (AvgIpc) is 3.54. The molecule has 43 heavy (non-hydrogen) atoms. The summed E-state index contributed by atoms with van der Waals surface area (Å²) in [5.41, 5.74) is 4.36. The zero-order valence-corrected chi connectivity index (χ0v) is 26.0. The number of sulfonamides is 1. The number of aryl methyl sites for hydroxylation is 1. The minimum atomic E-state index is -3.54. The number of alkyl carbamates (subject to hydrolysis) is 1. The van der Waals surface area contributed by atoms with E-state index in [0.717, 1.165) is 21.6 Å². The van der Waals surface area contributed by atoms with E-state index in [1.807, 2.05) is 55.5 Å². The summed E-state index contributed by atoms with van der Waals surface area (Å²) >= 11 is 1.45. The second kappa shape index (κ2) is 14.3. The molecule has 1 aliphatic heterocycles. The third-order valence-electron chi connectivity index (χ3n) is 7.86. The van der Waals surface area contributed by atoms with E-state index in [2.05, 4.69) is 39.5 Å². The monoisotopic (exact) mass is 618 g/mol. The SMILES string of the molecule is Cc1ccc(S(=O)(=O)N2CCN(CCC(Cc3ccccc3)(Cc3ccccc3)NC(=O)OCc3cncs3)CC2)cc1. The van der Waals surface area contributed by atoms with Crippen LogP contribution in [0.4, 0.5) is 4.79 Å². The number of carbonyl (C=O) groups excluding carboxylic acids is 1. The van der Waals surface area contributed by atoms with Crippen LogP contribution in [0.25, 0.3) is 0 Å². The summed E-state index contributed by atoms with van der Waals surface area (Å²) in [5.74, 6) is 0. The normalized spacial score (nSPS) is 14.8. The number of carbonyl (C=O) groups is 1. The number of aromatic nitrogens is 1. The summed E-state index contributed by atoms with van der Waals surface area (Å²) < 4.78 is 33.7. The summed E-state index contributed by atoms with van der Waals surface area (Å²) in [6, 6.07) is 27.4. The lowest BCUT2D eigenvalue weighted by Gasteiger charge is -2.39. The third kappa shape index (κ3) is 8.51. The lowest BCUT2D eigenvalue weighted by atomic mass is 9.81. The quantitative estimate of drug-likeness (QED) is 0.232. The van der Waals surface area contributed by atoms with Gasteiger partial charge in [0.2, 0.25) is 10.0 Å². The van der Waals surface area contributed by atoms with Gasteiger partial charge < -0.3 is 15.0 Å². The number of nitrogens with zero attached hydrogens (tertiary/aromatic N) is 3. The Balaban J connectivity index is 1.31. The Morgan fingerprint density at radius 3 is 2.07 bits per heavy atom. The van der Waals surface area contributed by atoms with Crippen LogP contribution in [0.3, 0.4) is 0 Å². The van der Waals surface area contributed by atoms with Gasteiger partial charge in [0, 0.05) is 38.9 Å². The first-order valence-corrected chi connectivity index (χ1v) is 16.8. The molecule has 1 saturated heterocycles. The van der Waals surface area contributed by atoms with E-state index in [4.69, 9.17) is 4.74 Å². The van der Waals surface area contributed by atoms with Crippen LogP contribution in [0, 0.1) is 6.92 Å². The lowest BCUT2D eigenvalue weighted by Crippen LogP contribution is -2.55. The van der Waals surface area contributed by atoms with Gasteiger partial charge in [-0.15, -0.1) is 11.3 Å². The van der Waals surface area contributed by atoms with Crippen LogP contribution in [0.1, 0.15) is 28.0 Å². The fraction of sp³-hybridized carbons (Fsp3) is 0.333. The number of hydrogen-bond donors (Lipinski definition) is 1. The summed E-state index contributed by atoms with van der Waals surface area (Å²) in [5, 5.41) is 3.28. The highest BCUT2D eigenvalue weighted by molar-refractivity contribution is 7.89. The number of benzene rings is 3. The molecule has 0 saturated carbocycles. The summed E-state index contributed by atoms with van der Waals surface area (Å²) in [6.07, 6.45) is 3.16. The maximum absolute atomic E-state index is 13.3. The van der Waals surface area contributed by atoms with Gasteiger partial charge in [-0.05, 0) is 49.4 Å². The molecule has 0 radical (unpaired) electrons. The van der Waals surface area contributed by atoms with E-state index in [-0.39, 0.29) is 6.61 Å². The van der Waals surface area contributed by atoms with Gasteiger partial charge in [0.1, 0.15) is 6.61 Å². The van der Waals surface area contributed by atoms with Crippen LogP contribution in [-0.2, 0) is 34.2 Å². The fourth-order valence-electron chi connectivity index (χ4n) is 5.49. The second-order valence-electron chi connectivity index (χ2n) is 11.1. The molecule has 1 fully saturated rings. The van der Waals surface area contributed by atoms with Crippen molar-refractivity contribution in [2.24, 2.45) is 0 Å². The molecule has 4 aromatic rings. The molecule has 5 rings (SSSR count). The largest absolute Gasteiger partial charge is 0.444 e. The first-order chi connectivity index (χ1) is 20.8. The topological polar surface area (TPSA) is 91.8 Å². The molecular formula is C33H38N4O4S2. The highest BCUT2D eigenvalue weighted by Crippen LogP contribution is 2.26. The van der Waals surface area contributed by atoms with Crippen molar-refractivity contribution >= 4 is 27.5 Å². The lowest BCUT2D eigenvalue weighted by molar-refractivity contribution is 0.117. The Labute approximate surface area is 258 Å². The summed E-state index contributed by atoms with van der Waals surface area (Å²) in [7, 11) is -3.54.